The minimum Gasteiger partial charge on any atom is -0.388 e. The van der Waals surface area contributed by atoms with Crippen molar-refractivity contribution in [3.63, 3.8) is 0 Å². The van der Waals surface area contributed by atoms with Crippen molar-refractivity contribution in [2.75, 3.05) is 0 Å². The predicted molar refractivity (Wildman–Crippen MR) is 59.8 cm³/mol. The minimum absolute atomic E-state index is 0.0203. The molecule has 0 aliphatic heterocycles. The summed E-state index contributed by atoms with van der Waals surface area (Å²) in [7, 11) is 0. The second-order valence-electron chi connectivity index (χ2n) is 4.78. The van der Waals surface area contributed by atoms with E-state index in [1.54, 1.807) is 0 Å². The Labute approximate surface area is 90.9 Å². The second kappa shape index (κ2) is 4.35. The molecule has 3 heteroatoms. The number of aromatic amines is 1. The number of aromatic nitrogens is 2. The number of aliphatic hydroxyl groups excluding tert-OH is 1. The Morgan fingerprint density at radius 3 is 2.60 bits per heavy atom. The zero-order valence-corrected chi connectivity index (χ0v) is 9.58. The topological polar surface area (TPSA) is 48.9 Å². The molecule has 0 radical (unpaired) electrons. The van der Waals surface area contributed by atoms with Gasteiger partial charge in [0.15, 0.2) is 0 Å². The molecule has 1 aromatic rings. The van der Waals surface area contributed by atoms with Crippen molar-refractivity contribution < 1.29 is 5.11 Å². The van der Waals surface area contributed by atoms with Crippen LogP contribution in [0.25, 0.3) is 0 Å². The summed E-state index contributed by atoms with van der Waals surface area (Å²) in [6, 6.07) is 0. The van der Waals surface area contributed by atoms with E-state index in [0.29, 0.717) is 11.8 Å². The third-order valence-electron chi connectivity index (χ3n) is 3.27. The normalized spacial score (nSPS) is 17.9. The van der Waals surface area contributed by atoms with E-state index in [9.17, 15) is 0 Å². The number of hydrogen-bond donors (Lipinski definition) is 2. The Balaban J connectivity index is 2.30. The van der Waals surface area contributed by atoms with Gasteiger partial charge in [0.05, 0.1) is 5.69 Å². The van der Waals surface area contributed by atoms with Crippen LogP contribution in [0.15, 0.2) is 0 Å². The number of rotatable bonds is 3. The van der Waals surface area contributed by atoms with Gasteiger partial charge in [0.2, 0.25) is 0 Å². The standard InChI is InChI=1S/C12H20N2O/c1-8(2)11-12(9-5-3-4-6-9)14-10(7-15)13-11/h8-9,15H,3-7H2,1-2H3,(H,13,14). The molecule has 1 aliphatic carbocycles. The van der Waals surface area contributed by atoms with E-state index in [2.05, 4.69) is 23.8 Å². The lowest BCUT2D eigenvalue weighted by atomic mass is 9.97. The molecule has 2 rings (SSSR count). The lowest BCUT2D eigenvalue weighted by molar-refractivity contribution is 0.272. The average Bonchev–Trinajstić information content (AvgIpc) is 2.86. The quantitative estimate of drug-likeness (QED) is 0.802. The molecule has 1 aromatic heterocycles. The molecule has 2 N–H and O–H groups in total. The number of H-pyrrole nitrogens is 1. The second-order valence-corrected chi connectivity index (χ2v) is 4.78. The van der Waals surface area contributed by atoms with E-state index in [1.165, 1.54) is 31.4 Å². The van der Waals surface area contributed by atoms with Crippen LogP contribution < -0.4 is 0 Å². The number of imidazole rings is 1. The first-order chi connectivity index (χ1) is 7.22. The zero-order chi connectivity index (χ0) is 10.8. The van der Waals surface area contributed by atoms with Gasteiger partial charge in [-0.1, -0.05) is 26.7 Å². The molecule has 1 fully saturated rings. The summed E-state index contributed by atoms with van der Waals surface area (Å²) >= 11 is 0. The van der Waals surface area contributed by atoms with E-state index in [0.717, 1.165) is 11.5 Å². The van der Waals surface area contributed by atoms with Gasteiger partial charge >= 0.3 is 0 Å². The van der Waals surface area contributed by atoms with Gasteiger partial charge in [-0.15, -0.1) is 0 Å². The number of hydrogen-bond acceptors (Lipinski definition) is 2. The first-order valence-electron chi connectivity index (χ1n) is 5.92. The molecule has 1 heterocycles. The number of nitrogens with one attached hydrogen (secondary N) is 1. The smallest absolute Gasteiger partial charge is 0.132 e. The average molecular weight is 208 g/mol. The Kier molecular flexibility index (Phi) is 3.10. The predicted octanol–water partition coefficient (Wildman–Crippen LogP) is 2.68. The molecule has 3 nitrogen and oxygen atoms in total. The van der Waals surface area contributed by atoms with Crippen LogP contribution in [0.3, 0.4) is 0 Å². The summed E-state index contributed by atoms with van der Waals surface area (Å²) < 4.78 is 0. The monoisotopic (exact) mass is 208 g/mol. The van der Waals surface area contributed by atoms with E-state index >= 15 is 0 Å². The molecule has 1 saturated carbocycles. The maximum atomic E-state index is 9.11. The fourth-order valence-electron chi connectivity index (χ4n) is 2.49. The van der Waals surface area contributed by atoms with Gasteiger partial charge in [0, 0.05) is 11.6 Å². The lowest BCUT2D eigenvalue weighted by Crippen LogP contribution is -2.00. The van der Waals surface area contributed by atoms with Crippen LogP contribution in [0.5, 0.6) is 0 Å². The van der Waals surface area contributed by atoms with Gasteiger partial charge in [-0.05, 0) is 18.8 Å². The summed E-state index contributed by atoms with van der Waals surface area (Å²) in [6.45, 7) is 4.35. The highest BCUT2D eigenvalue weighted by Gasteiger charge is 2.24. The fraction of sp³-hybridized carbons (Fsp3) is 0.750. The van der Waals surface area contributed by atoms with Crippen LogP contribution in [-0.4, -0.2) is 15.1 Å². The van der Waals surface area contributed by atoms with Crippen LogP contribution in [0.2, 0.25) is 0 Å². The Hall–Kier alpha value is -0.830. The van der Waals surface area contributed by atoms with Gasteiger partial charge in [0.1, 0.15) is 12.4 Å². The van der Waals surface area contributed by atoms with Gasteiger partial charge in [-0.2, -0.15) is 0 Å². The van der Waals surface area contributed by atoms with E-state index in [4.69, 9.17) is 5.11 Å². The molecule has 84 valence electrons. The highest BCUT2D eigenvalue weighted by Crippen LogP contribution is 2.36. The summed E-state index contributed by atoms with van der Waals surface area (Å²) in [4.78, 5) is 7.76. The van der Waals surface area contributed by atoms with Crippen molar-refractivity contribution in [3.05, 3.63) is 17.2 Å². The van der Waals surface area contributed by atoms with Gasteiger partial charge in [0.25, 0.3) is 0 Å². The Morgan fingerprint density at radius 1 is 1.40 bits per heavy atom. The molecular formula is C12H20N2O. The van der Waals surface area contributed by atoms with Crippen molar-refractivity contribution in [1.29, 1.82) is 0 Å². The molecule has 0 bridgehead atoms. The summed E-state index contributed by atoms with van der Waals surface area (Å²) in [5.74, 6) is 1.81. The Bertz CT molecular complexity index is 324. The third kappa shape index (κ3) is 2.07. The van der Waals surface area contributed by atoms with E-state index in [-0.39, 0.29) is 6.61 Å². The molecular weight excluding hydrogens is 188 g/mol. The van der Waals surface area contributed by atoms with Crippen LogP contribution in [0.1, 0.15) is 68.6 Å². The Morgan fingerprint density at radius 2 is 2.07 bits per heavy atom. The molecule has 0 unspecified atom stereocenters. The molecule has 0 atom stereocenters. The van der Waals surface area contributed by atoms with Gasteiger partial charge in [-0.3, -0.25) is 0 Å². The van der Waals surface area contributed by atoms with E-state index in [1.807, 2.05) is 0 Å². The maximum Gasteiger partial charge on any atom is 0.132 e. The highest BCUT2D eigenvalue weighted by atomic mass is 16.3. The van der Waals surface area contributed by atoms with Crippen molar-refractivity contribution in [2.45, 2.75) is 58.0 Å². The van der Waals surface area contributed by atoms with Crippen LogP contribution in [0, 0.1) is 0 Å². The third-order valence-corrected chi connectivity index (χ3v) is 3.27. The molecule has 1 aliphatic rings. The van der Waals surface area contributed by atoms with Crippen LogP contribution in [-0.2, 0) is 6.61 Å². The highest BCUT2D eigenvalue weighted by molar-refractivity contribution is 5.22. The summed E-state index contributed by atoms with van der Waals surface area (Å²) in [5, 5.41) is 9.11. The van der Waals surface area contributed by atoms with Crippen molar-refractivity contribution in [1.82, 2.24) is 9.97 Å². The van der Waals surface area contributed by atoms with Crippen molar-refractivity contribution in [3.8, 4) is 0 Å². The zero-order valence-electron chi connectivity index (χ0n) is 9.58. The first-order valence-corrected chi connectivity index (χ1v) is 5.92. The van der Waals surface area contributed by atoms with Gasteiger partial charge < -0.3 is 10.1 Å². The molecule has 0 aromatic carbocycles. The van der Waals surface area contributed by atoms with Crippen molar-refractivity contribution in [2.24, 2.45) is 0 Å². The van der Waals surface area contributed by atoms with Crippen molar-refractivity contribution >= 4 is 0 Å². The minimum atomic E-state index is 0.0203. The van der Waals surface area contributed by atoms with E-state index < -0.39 is 0 Å². The summed E-state index contributed by atoms with van der Waals surface area (Å²) in [5.41, 5.74) is 2.44. The van der Waals surface area contributed by atoms with Gasteiger partial charge in [-0.25, -0.2) is 4.98 Å². The summed E-state index contributed by atoms with van der Waals surface area (Å²) in [6.07, 6.45) is 5.20. The first kappa shape index (κ1) is 10.7. The largest absolute Gasteiger partial charge is 0.388 e. The fourth-order valence-corrected chi connectivity index (χ4v) is 2.49. The molecule has 0 spiro atoms. The van der Waals surface area contributed by atoms with Crippen LogP contribution >= 0.6 is 0 Å². The SMILES string of the molecule is CC(C)c1nc(CO)[nH]c1C1CCCC1. The lowest BCUT2D eigenvalue weighted by Gasteiger charge is -2.11. The number of nitrogens with zero attached hydrogens (tertiary/aromatic N) is 1. The molecule has 0 saturated heterocycles. The number of aliphatic hydroxyl groups is 1. The molecule has 15 heavy (non-hydrogen) atoms. The maximum absolute atomic E-state index is 9.11. The molecule has 0 amide bonds. The van der Waals surface area contributed by atoms with Crippen LogP contribution in [0.4, 0.5) is 0 Å².